The number of carbonyl (C=O) groups excluding carboxylic acids is 1. The zero-order valence-electron chi connectivity index (χ0n) is 10.9. The summed E-state index contributed by atoms with van der Waals surface area (Å²) in [6, 6.07) is 0. The number of ether oxygens (including phenoxy) is 3. The number of rotatable bonds is 1. The number of hydrogen-bond donors (Lipinski definition) is 0. The topological polar surface area (TPSA) is 44.8 Å². The van der Waals surface area contributed by atoms with E-state index >= 15 is 0 Å². The highest BCUT2D eigenvalue weighted by molar-refractivity contribution is 5.86. The Labute approximate surface area is 102 Å². The van der Waals surface area contributed by atoms with E-state index in [-0.39, 0.29) is 23.6 Å². The molecule has 0 aromatic rings. The maximum atomic E-state index is 11.5. The Bertz CT molecular complexity index is 345. The van der Waals surface area contributed by atoms with E-state index in [2.05, 4.69) is 6.92 Å². The molecule has 3 atom stereocenters. The van der Waals surface area contributed by atoms with Gasteiger partial charge in [0.25, 0.3) is 0 Å². The maximum absolute atomic E-state index is 11.5. The third-order valence-corrected chi connectivity index (χ3v) is 3.64. The van der Waals surface area contributed by atoms with E-state index in [0.717, 1.165) is 12.8 Å². The van der Waals surface area contributed by atoms with Crippen molar-refractivity contribution in [2.45, 2.75) is 51.4 Å². The van der Waals surface area contributed by atoms with Crippen LogP contribution in [-0.4, -0.2) is 30.9 Å². The van der Waals surface area contributed by atoms with Crippen molar-refractivity contribution in [3.05, 3.63) is 11.8 Å². The van der Waals surface area contributed by atoms with Gasteiger partial charge in [-0.2, -0.15) is 0 Å². The van der Waals surface area contributed by atoms with Gasteiger partial charge < -0.3 is 14.2 Å². The van der Waals surface area contributed by atoms with E-state index in [0.29, 0.717) is 5.92 Å². The molecule has 0 aliphatic carbocycles. The van der Waals surface area contributed by atoms with Gasteiger partial charge in [0.2, 0.25) is 5.76 Å². The molecule has 2 aliphatic heterocycles. The summed E-state index contributed by atoms with van der Waals surface area (Å²) in [4.78, 5) is 11.5. The Morgan fingerprint density at radius 3 is 2.82 bits per heavy atom. The fourth-order valence-electron chi connectivity index (χ4n) is 2.66. The predicted octanol–water partition coefficient (Wildman–Crippen LogP) is 2.04. The summed E-state index contributed by atoms with van der Waals surface area (Å²) in [7, 11) is 1.36. The molecule has 0 radical (unpaired) electrons. The molecule has 17 heavy (non-hydrogen) atoms. The quantitative estimate of drug-likeness (QED) is 0.658. The van der Waals surface area contributed by atoms with Crippen molar-refractivity contribution in [2.24, 2.45) is 5.92 Å². The summed E-state index contributed by atoms with van der Waals surface area (Å²) in [6.07, 6.45) is 4.05. The lowest BCUT2D eigenvalue weighted by atomic mass is 9.78. The van der Waals surface area contributed by atoms with Gasteiger partial charge >= 0.3 is 5.97 Å². The summed E-state index contributed by atoms with van der Waals surface area (Å²) >= 11 is 0. The van der Waals surface area contributed by atoms with Crippen LogP contribution in [0.5, 0.6) is 0 Å². The van der Waals surface area contributed by atoms with Crippen molar-refractivity contribution >= 4 is 5.97 Å². The van der Waals surface area contributed by atoms with Crippen LogP contribution in [0.1, 0.15) is 33.6 Å². The predicted molar refractivity (Wildman–Crippen MR) is 62.3 cm³/mol. The van der Waals surface area contributed by atoms with E-state index in [9.17, 15) is 4.79 Å². The van der Waals surface area contributed by atoms with Crippen molar-refractivity contribution in [1.29, 1.82) is 0 Å². The first-order chi connectivity index (χ1) is 7.94. The van der Waals surface area contributed by atoms with Crippen molar-refractivity contribution in [2.75, 3.05) is 7.11 Å². The first-order valence-corrected chi connectivity index (χ1v) is 6.08. The van der Waals surface area contributed by atoms with Crippen LogP contribution in [0.3, 0.4) is 0 Å². The SMILES string of the molecule is COC(=O)C1=C[C@H]2O[C@@H](C)CC[C@H]2C(C)(C)O1. The molecule has 2 aliphatic rings. The molecule has 1 saturated heterocycles. The zero-order valence-corrected chi connectivity index (χ0v) is 10.9. The number of carbonyl (C=O) groups is 1. The van der Waals surface area contributed by atoms with Gasteiger partial charge in [0.15, 0.2) is 0 Å². The van der Waals surface area contributed by atoms with E-state index in [1.165, 1.54) is 7.11 Å². The molecular formula is C13H20O4. The molecule has 0 aromatic carbocycles. The second kappa shape index (κ2) is 4.33. The van der Waals surface area contributed by atoms with Gasteiger partial charge in [-0.15, -0.1) is 0 Å². The molecule has 0 bridgehead atoms. The highest BCUT2D eigenvalue weighted by atomic mass is 16.6. The van der Waals surface area contributed by atoms with Crippen molar-refractivity contribution in [1.82, 2.24) is 0 Å². The van der Waals surface area contributed by atoms with Crippen LogP contribution in [0.4, 0.5) is 0 Å². The molecule has 4 heteroatoms. The molecule has 0 N–H and O–H groups in total. The molecule has 2 heterocycles. The first-order valence-electron chi connectivity index (χ1n) is 6.08. The third-order valence-electron chi connectivity index (χ3n) is 3.64. The molecular weight excluding hydrogens is 220 g/mol. The monoisotopic (exact) mass is 240 g/mol. The van der Waals surface area contributed by atoms with Crippen molar-refractivity contribution in [3.63, 3.8) is 0 Å². The summed E-state index contributed by atoms with van der Waals surface area (Å²) in [5.74, 6) is 0.137. The molecule has 0 saturated carbocycles. The maximum Gasteiger partial charge on any atom is 0.373 e. The van der Waals surface area contributed by atoms with Crippen molar-refractivity contribution in [3.8, 4) is 0 Å². The van der Waals surface area contributed by atoms with Crippen LogP contribution in [0.15, 0.2) is 11.8 Å². The van der Waals surface area contributed by atoms with E-state index < -0.39 is 5.97 Å². The minimum atomic E-state index is -0.432. The van der Waals surface area contributed by atoms with Gasteiger partial charge in [-0.05, 0) is 39.7 Å². The second-order valence-electron chi connectivity index (χ2n) is 5.32. The lowest BCUT2D eigenvalue weighted by Gasteiger charge is -2.46. The Morgan fingerprint density at radius 1 is 1.47 bits per heavy atom. The number of fused-ring (bicyclic) bond motifs is 1. The van der Waals surface area contributed by atoms with Crippen LogP contribution < -0.4 is 0 Å². The van der Waals surface area contributed by atoms with Crippen LogP contribution >= 0.6 is 0 Å². The Kier molecular flexibility index (Phi) is 3.17. The van der Waals surface area contributed by atoms with Gasteiger partial charge in [-0.25, -0.2) is 4.79 Å². The van der Waals surface area contributed by atoms with E-state index in [4.69, 9.17) is 14.2 Å². The lowest BCUT2D eigenvalue weighted by Crippen LogP contribution is -2.49. The summed E-state index contributed by atoms with van der Waals surface area (Å²) in [6.45, 7) is 6.06. The summed E-state index contributed by atoms with van der Waals surface area (Å²) < 4.78 is 16.3. The minimum absolute atomic E-state index is 0.0448. The molecule has 1 fully saturated rings. The van der Waals surface area contributed by atoms with Crippen LogP contribution in [0.25, 0.3) is 0 Å². The molecule has 4 nitrogen and oxygen atoms in total. The smallest absolute Gasteiger partial charge is 0.373 e. The number of methoxy groups -OCH3 is 1. The first kappa shape index (κ1) is 12.4. The molecule has 0 aromatic heterocycles. The molecule has 96 valence electrons. The Hall–Kier alpha value is -1.03. The highest BCUT2D eigenvalue weighted by Crippen LogP contribution is 2.40. The average Bonchev–Trinajstić information content (AvgIpc) is 2.26. The van der Waals surface area contributed by atoms with Gasteiger partial charge in [0.05, 0.1) is 19.3 Å². The lowest BCUT2D eigenvalue weighted by molar-refractivity contribution is -0.162. The largest absolute Gasteiger partial charge is 0.480 e. The minimum Gasteiger partial charge on any atom is -0.480 e. The average molecular weight is 240 g/mol. The normalized spacial score (nSPS) is 35.3. The van der Waals surface area contributed by atoms with Crippen LogP contribution in [0.2, 0.25) is 0 Å². The fraction of sp³-hybridized carbons (Fsp3) is 0.769. The van der Waals surface area contributed by atoms with Crippen LogP contribution in [0, 0.1) is 5.92 Å². The van der Waals surface area contributed by atoms with Gasteiger partial charge in [-0.1, -0.05) is 0 Å². The van der Waals surface area contributed by atoms with Gasteiger partial charge in [0.1, 0.15) is 5.60 Å². The zero-order chi connectivity index (χ0) is 12.6. The molecule has 0 amide bonds. The molecule has 0 unspecified atom stereocenters. The van der Waals surface area contributed by atoms with Gasteiger partial charge in [-0.3, -0.25) is 0 Å². The Morgan fingerprint density at radius 2 is 2.18 bits per heavy atom. The van der Waals surface area contributed by atoms with Crippen molar-refractivity contribution < 1.29 is 19.0 Å². The van der Waals surface area contributed by atoms with E-state index in [1.54, 1.807) is 6.08 Å². The van der Waals surface area contributed by atoms with Gasteiger partial charge in [0, 0.05) is 5.92 Å². The Balaban J connectivity index is 2.26. The standard InChI is InChI=1S/C13H20O4/c1-8-5-6-9-10(16-8)7-11(12(14)15-4)17-13(9,2)3/h7-10H,5-6H2,1-4H3/t8-,9+,10+/m0/s1. The second-order valence-corrected chi connectivity index (χ2v) is 5.32. The fourth-order valence-corrected chi connectivity index (χ4v) is 2.66. The third kappa shape index (κ3) is 2.32. The summed E-state index contributed by atoms with van der Waals surface area (Å²) in [5, 5.41) is 0. The number of esters is 1. The highest BCUT2D eigenvalue weighted by Gasteiger charge is 2.45. The number of hydrogen-bond acceptors (Lipinski definition) is 4. The van der Waals surface area contributed by atoms with Crippen LogP contribution in [-0.2, 0) is 19.0 Å². The molecule has 0 spiro atoms. The molecule has 2 rings (SSSR count). The van der Waals surface area contributed by atoms with E-state index in [1.807, 2.05) is 13.8 Å². The summed E-state index contributed by atoms with van der Waals surface area (Å²) in [5.41, 5.74) is -0.386.